The molecule has 98 valence electrons. The molecular formula is C12H16N2O3S. The first-order chi connectivity index (χ1) is 8.51. The first-order valence-electron chi connectivity index (χ1n) is 5.66. The largest absolute Gasteiger partial charge is 0.354 e. The van der Waals surface area contributed by atoms with Crippen molar-refractivity contribution in [3.8, 4) is 0 Å². The molecule has 1 heterocycles. The van der Waals surface area contributed by atoms with Gasteiger partial charge in [0, 0.05) is 19.2 Å². The van der Waals surface area contributed by atoms with Gasteiger partial charge in [0.1, 0.15) is 0 Å². The number of hydrogen-bond acceptors (Lipinski definition) is 5. The fraction of sp³-hybridized carbons (Fsp3) is 0.417. The van der Waals surface area contributed by atoms with Crippen molar-refractivity contribution >= 4 is 27.8 Å². The quantitative estimate of drug-likeness (QED) is 0.329. The number of rotatable bonds is 7. The standard InChI is InChI=1S/C12H16N2O3S/c1-4-6-13(7-5-2)12-10(14(16)17)8-11(18-12)9(3)15/h4,8H,1,5-7H2,2-3H3. The lowest BCUT2D eigenvalue weighted by molar-refractivity contribution is -0.383. The van der Waals surface area contributed by atoms with Crippen LogP contribution in [0.25, 0.3) is 0 Å². The summed E-state index contributed by atoms with van der Waals surface area (Å²) in [6.07, 6.45) is 2.57. The molecule has 0 fully saturated rings. The molecule has 6 heteroatoms. The molecule has 0 saturated heterocycles. The Morgan fingerprint density at radius 1 is 1.67 bits per heavy atom. The molecule has 18 heavy (non-hydrogen) atoms. The van der Waals surface area contributed by atoms with E-state index in [4.69, 9.17) is 0 Å². The zero-order valence-electron chi connectivity index (χ0n) is 10.5. The normalized spacial score (nSPS) is 10.1. The van der Waals surface area contributed by atoms with Crippen LogP contribution in [0.2, 0.25) is 0 Å². The van der Waals surface area contributed by atoms with Crippen LogP contribution in [0, 0.1) is 10.1 Å². The average molecular weight is 268 g/mol. The highest BCUT2D eigenvalue weighted by molar-refractivity contribution is 7.18. The van der Waals surface area contributed by atoms with E-state index in [9.17, 15) is 14.9 Å². The van der Waals surface area contributed by atoms with Crippen LogP contribution in [0.3, 0.4) is 0 Å². The van der Waals surface area contributed by atoms with E-state index in [1.54, 1.807) is 6.08 Å². The Kier molecular flexibility index (Phi) is 5.03. The van der Waals surface area contributed by atoms with Gasteiger partial charge in [0.15, 0.2) is 10.8 Å². The van der Waals surface area contributed by atoms with Crippen molar-refractivity contribution in [2.24, 2.45) is 0 Å². The number of thiophene rings is 1. The third kappa shape index (κ3) is 3.16. The predicted octanol–water partition coefficient (Wildman–Crippen LogP) is 3.26. The maximum atomic E-state index is 11.3. The molecule has 5 nitrogen and oxygen atoms in total. The Bertz CT molecular complexity index is 468. The van der Waals surface area contributed by atoms with E-state index in [0.717, 1.165) is 6.42 Å². The van der Waals surface area contributed by atoms with E-state index >= 15 is 0 Å². The summed E-state index contributed by atoms with van der Waals surface area (Å²) >= 11 is 1.17. The molecule has 1 aromatic rings. The van der Waals surface area contributed by atoms with Gasteiger partial charge in [0.2, 0.25) is 0 Å². The maximum Gasteiger partial charge on any atom is 0.304 e. The summed E-state index contributed by atoms with van der Waals surface area (Å²) in [6.45, 7) is 8.30. The second-order valence-corrected chi connectivity index (χ2v) is 4.88. The van der Waals surface area contributed by atoms with E-state index in [2.05, 4.69) is 6.58 Å². The molecule has 0 saturated carbocycles. The number of anilines is 1. The van der Waals surface area contributed by atoms with E-state index in [1.165, 1.54) is 24.3 Å². The fourth-order valence-corrected chi connectivity index (χ4v) is 2.66. The van der Waals surface area contributed by atoms with Crippen LogP contribution in [-0.2, 0) is 0 Å². The molecule has 0 aromatic carbocycles. The molecular weight excluding hydrogens is 252 g/mol. The van der Waals surface area contributed by atoms with E-state index in [1.807, 2.05) is 11.8 Å². The average Bonchev–Trinajstić information content (AvgIpc) is 2.73. The van der Waals surface area contributed by atoms with Crippen molar-refractivity contribution in [2.45, 2.75) is 20.3 Å². The SMILES string of the molecule is C=CCN(CCC)c1sc(C(C)=O)cc1[N+](=O)[O-]. The molecule has 0 radical (unpaired) electrons. The van der Waals surface area contributed by atoms with Crippen LogP contribution in [0.4, 0.5) is 10.7 Å². The van der Waals surface area contributed by atoms with Crippen LogP contribution in [0.5, 0.6) is 0 Å². The molecule has 0 aliphatic heterocycles. The third-order valence-corrected chi connectivity index (χ3v) is 3.65. The van der Waals surface area contributed by atoms with Crippen LogP contribution in [0.1, 0.15) is 29.9 Å². The second kappa shape index (κ2) is 6.30. The third-order valence-electron chi connectivity index (χ3n) is 2.37. The number of nitrogens with zero attached hydrogens (tertiary/aromatic N) is 2. The highest BCUT2D eigenvalue weighted by atomic mass is 32.1. The number of carbonyl (C=O) groups excluding carboxylic acids is 1. The molecule has 0 atom stereocenters. The van der Waals surface area contributed by atoms with Crippen molar-refractivity contribution in [2.75, 3.05) is 18.0 Å². The summed E-state index contributed by atoms with van der Waals surface area (Å²) in [4.78, 5) is 24.2. The van der Waals surface area contributed by atoms with Gasteiger partial charge in [-0.15, -0.1) is 17.9 Å². The summed E-state index contributed by atoms with van der Waals surface area (Å²) in [7, 11) is 0. The zero-order chi connectivity index (χ0) is 13.7. The van der Waals surface area contributed by atoms with Gasteiger partial charge >= 0.3 is 5.69 Å². The number of ketones is 1. The molecule has 1 aromatic heterocycles. The predicted molar refractivity (Wildman–Crippen MR) is 73.7 cm³/mol. The Balaban J connectivity index is 3.21. The fourth-order valence-electron chi connectivity index (χ4n) is 1.60. The topological polar surface area (TPSA) is 63.5 Å². The molecule has 0 amide bonds. The van der Waals surface area contributed by atoms with Crippen molar-refractivity contribution in [3.05, 3.63) is 33.7 Å². The number of Topliss-reactive ketones (excluding diaryl/α,β-unsaturated/α-hetero) is 1. The van der Waals surface area contributed by atoms with Gasteiger partial charge in [-0.3, -0.25) is 14.9 Å². The molecule has 0 spiro atoms. The first-order valence-corrected chi connectivity index (χ1v) is 6.47. The smallest absolute Gasteiger partial charge is 0.304 e. The van der Waals surface area contributed by atoms with Crippen molar-refractivity contribution in [3.63, 3.8) is 0 Å². The first kappa shape index (κ1) is 14.4. The van der Waals surface area contributed by atoms with Crippen LogP contribution in [-0.4, -0.2) is 23.8 Å². The van der Waals surface area contributed by atoms with Gasteiger partial charge in [-0.05, 0) is 13.3 Å². The maximum absolute atomic E-state index is 11.3. The summed E-state index contributed by atoms with van der Waals surface area (Å²) in [5.41, 5.74) is 0.000463. The number of hydrogen-bond donors (Lipinski definition) is 0. The number of nitro groups is 1. The Labute approximate surface area is 110 Å². The Hall–Kier alpha value is -1.69. The van der Waals surface area contributed by atoms with Gasteiger partial charge in [-0.2, -0.15) is 0 Å². The molecule has 0 unspecified atom stereocenters. The van der Waals surface area contributed by atoms with Gasteiger partial charge in [0.25, 0.3) is 0 Å². The van der Waals surface area contributed by atoms with Crippen LogP contribution >= 0.6 is 11.3 Å². The summed E-state index contributed by atoms with van der Waals surface area (Å²) in [5.74, 6) is -0.149. The minimum atomic E-state index is -0.440. The molecule has 0 aliphatic rings. The van der Waals surface area contributed by atoms with Gasteiger partial charge in [0.05, 0.1) is 9.80 Å². The van der Waals surface area contributed by atoms with Crippen LogP contribution in [0.15, 0.2) is 18.7 Å². The summed E-state index contributed by atoms with van der Waals surface area (Å²) in [5, 5.41) is 11.6. The van der Waals surface area contributed by atoms with Gasteiger partial charge < -0.3 is 4.90 Å². The lowest BCUT2D eigenvalue weighted by Gasteiger charge is -2.19. The lowest BCUT2D eigenvalue weighted by atomic mass is 10.3. The zero-order valence-corrected chi connectivity index (χ0v) is 11.3. The van der Waals surface area contributed by atoms with E-state index in [0.29, 0.717) is 23.0 Å². The highest BCUT2D eigenvalue weighted by Gasteiger charge is 2.24. The minimum Gasteiger partial charge on any atom is -0.354 e. The van der Waals surface area contributed by atoms with Gasteiger partial charge in [-0.25, -0.2) is 0 Å². The second-order valence-electron chi connectivity index (χ2n) is 3.85. The van der Waals surface area contributed by atoms with E-state index in [-0.39, 0.29) is 11.5 Å². The Morgan fingerprint density at radius 2 is 2.33 bits per heavy atom. The lowest BCUT2D eigenvalue weighted by Crippen LogP contribution is -2.23. The van der Waals surface area contributed by atoms with E-state index < -0.39 is 4.92 Å². The van der Waals surface area contributed by atoms with Crippen molar-refractivity contribution in [1.29, 1.82) is 0 Å². The Morgan fingerprint density at radius 3 is 2.78 bits per heavy atom. The summed E-state index contributed by atoms with van der Waals surface area (Å²) in [6, 6.07) is 1.36. The molecule has 0 aliphatic carbocycles. The minimum absolute atomic E-state index is 0.000463. The van der Waals surface area contributed by atoms with Gasteiger partial charge in [-0.1, -0.05) is 13.0 Å². The molecule has 0 N–H and O–H groups in total. The molecule has 1 rings (SSSR count). The van der Waals surface area contributed by atoms with Crippen molar-refractivity contribution in [1.82, 2.24) is 0 Å². The van der Waals surface area contributed by atoms with Crippen LogP contribution < -0.4 is 4.90 Å². The number of carbonyl (C=O) groups is 1. The highest BCUT2D eigenvalue weighted by Crippen LogP contribution is 2.37. The monoisotopic (exact) mass is 268 g/mol. The summed E-state index contributed by atoms with van der Waals surface area (Å²) < 4.78 is 0. The molecule has 0 bridgehead atoms. The van der Waals surface area contributed by atoms with Crippen molar-refractivity contribution < 1.29 is 9.72 Å².